The van der Waals surface area contributed by atoms with Crippen molar-refractivity contribution in [3.63, 3.8) is 0 Å². The van der Waals surface area contributed by atoms with Gasteiger partial charge in [-0.25, -0.2) is 9.18 Å². The molecule has 0 unspecified atom stereocenters. The Morgan fingerprint density at radius 2 is 1.75 bits per heavy atom. The van der Waals surface area contributed by atoms with Crippen molar-refractivity contribution < 1.29 is 13.9 Å². The van der Waals surface area contributed by atoms with Crippen LogP contribution in [-0.4, -0.2) is 5.97 Å². The van der Waals surface area contributed by atoms with Crippen LogP contribution in [0.1, 0.15) is 16.7 Å². The molecule has 0 aromatic heterocycles. The summed E-state index contributed by atoms with van der Waals surface area (Å²) in [6, 6.07) is 13.7. The van der Waals surface area contributed by atoms with Crippen LogP contribution in [0.25, 0.3) is 6.08 Å². The van der Waals surface area contributed by atoms with Crippen LogP contribution >= 0.6 is 0 Å². The highest BCUT2D eigenvalue weighted by Crippen LogP contribution is 2.07. The van der Waals surface area contributed by atoms with Crippen molar-refractivity contribution in [2.75, 3.05) is 0 Å². The monoisotopic (exact) mass is 270 g/mol. The number of esters is 1. The molecular weight excluding hydrogens is 255 g/mol. The van der Waals surface area contributed by atoms with Gasteiger partial charge in [-0.2, -0.15) is 0 Å². The van der Waals surface area contributed by atoms with Crippen molar-refractivity contribution in [3.8, 4) is 0 Å². The summed E-state index contributed by atoms with van der Waals surface area (Å²) in [4.78, 5) is 11.5. The summed E-state index contributed by atoms with van der Waals surface area (Å²) in [5, 5.41) is 0. The van der Waals surface area contributed by atoms with Gasteiger partial charge in [-0.15, -0.1) is 0 Å². The Hall–Kier alpha value is -2.42. The van der Waals surface area contributed by atoms with Gasteiger partial charge in [0.2, 0.25) is 0 Å². The minimum Gasteiger partial charge on any atom is -0.458 e. The fourth-order valence-electron chi connectivity index (χ4n) is 1.63. The maximum absolute atomic E-state index is 12.7. The summed E-state index contributed by atoms with van der Waals surface area (Å²) in [5.74, 6) is -0.728. The summed E-state index contributed by atoms with van der Waals surface area (Å²) >= 11 is 0. The van der Waals surface area contributed by atoms with Crippen molar-refractivity contribution in [2.24, 2.45) is 0 Å². The quantitative estimate of drug-likeness (QED) is 0.622. The van der Waals surface area contributed by atoms with Gasteiger partial charge in [-0.05, 0) is 36.3 Å². The van der Waals surface area contributed by atoms with Gasteiger partial charge < -0.3 is 4.74 Å². The zero-order valence-corrected chi connectivity index (χ0v) is 11.2. The van der Waals surface area contributed by atoms with E-state index in [9.17, 15) is 9.18 Å². The number of hydrogen-bond acceptors (Lipinski definition) is 2. The average molecular weight is 270 g/mol. The molecule has 0 atom stereocenters. The number of carbonyl (C=O) groups excluding carboxylic acids is 1. The topological polar surface area (TPSA) is 26.3 Å². The van der Waals surface area contributed by atoms with E-state index < -0.39 is 5.97 Å². The van der Waals surface area contributed by atoms with E-state index in [1.807, 2.05) is 31.2 Å². The van der Waals surface area contributed by atoms with E-state index >= 15 is 0 Å². The molecule has 2 aromatic carbocycles. The summed E-state index contributed by atoms with van der Waals surface area (Å²) in [6.45, 7) is 2.14. The van der Waals surface area contributed by atoms with E-state index in [0.717, 1.165) is 11.1 Å². The second kappa shape index (κ2) is 6.66. The van der Waals surface area contributed by atoms with Crippen LogP contribution in [0.15, 0.2) is 54.6 Å². The van der Waals surface area contributed by atoms with Crippen LogP contribution in [-0.2, 0) is 16.1 Å². The Labute approximate surface area is 117 Å². The Morgan fingerprint density at radius 1 is 1.10 bits per heavy atom. The van der Waals surface area contributed by atoms with Crippen LogP contribution < -0.4 is 0 Å². The SMILES string of the molecule is Cc1ccc(/C=C/C(=O)OCc2ccc(F)cc2)cc1. The highest BCUT2D eigenvalue weighted by atomic mass is 19.1. The lowest BCUT2D eigenvalue weighted by Crippen LogP contribution is -2.00. The normalized spacial score (nSPS) is 10.7. The largest absolute Gasteiger partial charge is 0.458 e. The molecule has 0 radical (unpaired) electrons. The van der Waals surface area contributed by atoms with Crippen LogP contribution in [0.5, 0.6) is 0 Å². The first-order chi connectivity index (χ1) is 9.63. The van der Waals surface area contributed by atoms with Gasteiger partial charge in [0, 0.05) is 6.08 Å². The molecule has 0 N–H and O–H groups in total. The Bertz CT molecular complexity index is 598. The molecule has 0 heterocycles. The first kappa shape index (κ1) is 14.0. The second-order valence-electron chi connectivity index (χ2n) is 4.48. The lowest BCUT2D eigenvalue weighted by Gasteiger charge is -2.02. The van der Waals surface area contributed by atoms with Crippen molar-refractivity contribution in [1.29, 1.82) is 0 Å². The van der Waals surface area contributed by atoms with Gasteiger partial charge in [-0.3, -0.25) is 0 Å². The van der Waals surface area contributed by atoms with E-state index in [0.29, 0.717) is 0 Å². The second-order valence-corrected chi connectivity index (χ2v) is 4.48. The van der Waals surface area contributed by atoms with Gasteiger partial charge in [0.05, 0.1) is 0 Å². The van der Waals surface area contributed by atoms with Gasteiger partial charge >= 0.3 is 5.97 Å². The first-order valence-electron chi connectivity index (χ1n) is 6.29. The van der Waals surface area contributed by atoms with Gasteiger partial charge in [0.25, 0.3) is 0 Å². The summed E-state index contributed by atoms with van der Waals surface area (Å²) in [7, 11) is 0. The molecule has 0 saturated carbocycles. The predicted molar refractivity (Wildman–Crippen MR) is 76.4 cm³/mol. The van der Waals surface area contributed by atoms with Crippen LogP contribution in [0.2, 0.25) is 0 Å². The first-order valence-corrected chi connectivity index (χ1v) is 6.29. The van der Waals surface area contributed by atoms with Crippen molar-refractivity contribution >= 4 is 12.0 Å². The van der Waals surface area contributed by atoms with E-state index in [-0.39, 0.29) is 12.4 Å². The maximum atomic E-state index is 12.7. The summed E-state index contributed by atoms with van der Waals surface area (Å²) in [5.41, 5.74) is 2.86. The van der Waals surface area contributed by atoms with E-state index in [4.69, 9.17) is 4.74 Å². The number of rotatable bonds is 4. The molecule has 102 valence electrons. The number of hydrogen-bond donors (Lipinski definition) is 0. The minimum absolute atomic E-state index is 0.136. The number of halogens is 1. The molecular formula is C17H15FO2. The van der Waals surface area contributed by atoms with Crippen LogP contribution in [0, 0.1) is 12.7 Å². The Balaban J connectivity index is 1.86. The average Bonchev–Trinajstić information content (AvgIpc) is 2.46. The third-order valence-corrected chi connectivity index (χ3v) is 2.78. The van der Waals surface area contributed by atoms with Gasteiger partial charge in [-0.1, -0.05) is 42.0 Å². The fraction of sp³-hybridized carbons (Fsp3) is 0.118. The molecule has 0 saturated heterocycles. The maximum Gasteiger partial charge on any atom is 0.331 e. The zero-order valence-electron chi connectivity index (χ0n) is 11.2. The number of aryl methyl sites for hydroxylation is 1. The van der Waals surface area contributed by atoms with E-state index in [1.165, 1.54) is 23.8 Å². The van der Waals surface area contributed by atoms with Gasteiger partial charge in [0.15, 0.2) is 0 Å². The van der Waals surface area contributed by atoms with Crippen molar-refractivity contribution in [2.45, 2.75) is 13.5 Å². The molecule has 20 heavy (non-hydrogen) atoms. The molecule has 0 aliphatic carbocycles. The summed E-state index contributed by atoms with van der Waals surface area (Å²) in [6.07, 6.45) is 3.08. The molecule has 2 rings (SSSR count). The highest BCUT2D eigenvalue weighted by Gasteiger charge is 1.99. The lowest BCUT2D eigenvalue weighted by molar-refractivity contribution is -0.138. The molecule has 0 aliphatic heterocycles. The third-order valence-electron chi connectivity index (χ3n) is 2.78. The minimum atomic E-state index is -0.421. The van der Waals surface area contributed by atoms with Crippen molar-refractivity contribution in [1.82, 2.24) is 0 Å². The van der Waals surface area contributed by atoms with Crippen LogP contribution in [0.4, 0.5) is 4.39 Å². The van der Waals surface area contributed by atoms with E-state index in [2.05, 4.69) is 0 Å². The Morgan fingerprint density at radius 3 is 2.40 bits per heavy atom. The highest BCUT2D eigenvalue weighted by molar-refractivity contribution is 5.87. The number of carbonyl (C=O) groups is 1. The molecule has 0 aliphatic rings. The molecule has 0 fully saturated rings. The lowest BCUT2D eigenvalue weighted by atomic mass is 10.1. The summed E-state index contributed by atoms with van der Waals surface area (Å²) < 4.78 is 17.8. The fourth-order valence-corrected chi connectivity index (χ4v) is 1.63. The third kappa shape index (κ3) is 4.35. The molecule has 0 amide bonds. The van der Waals surface area contributed by atoms with E-state index in [1.54, 1.807) is 18.2 Å². The number of benzene rings is 2. The molecule has 0 bridgehead atoms. The van der Waals surface area contributed by atoms with Crippen molar-refractivity contribution in [3.05, 3.63) is 77.1 Å². The smallest absolute Gasteiger partial charge is 0.331 e. The van der Waals surface area contributed by atoms with Gasteiger partial charge in [0.1, 0.15) is 12.4 Å². The predicted octanol–water partition coefficient (Wildman–Crippen LogP) is 3.89. The number of ether oxygens (including phenoxy) is 1. The Kier molecular flexibility index (Phi) is 4.66. The standard InChI is InChI=1S/C17H15FO2/c1-13-2-4-14(5-3-13)8-11-17(19)20-12-15-6-9-16(18)10-7-15/h2-11H,12H2,1H3/b11-8+. The zero-order chi connectivity index (χ0) is 14.4. The molecule has 2 nitrogen and oxygen atoms in total. The van der Waals surface area contributed by atoms with Crippen LogP contribution in [0.3, 0.4) is 0 Å². The molecule has 2 aromatic rings. The molecule has 3 heteroatoms. The molecule has 0 spiro atoms.